The smallest absolute Gasteiger partial charge is 0.213 e. The van der Waals surface area contributed by atoms with Gasteiger partial charge in [0, 0.05) is 17.5 Å². The minimum Gasteiger partial charge on any atom is -0.496 e. The van der Waals surface area contributed by atoms with E-state index in [1.807, 2.05) is 41.4 Å². The van der Waals surface area contributed by atoms with Crippen LogP contribution in [0.3, 0.4) is 0 Å². The van der Waals surface area contributed by atoms with Crippen LogP contribution in [0.4, 0.5) is 4.39 Å². The Bertz CT molecular complexity index is 1100. The van der Waals surface area contributed by atoms with Gasteiger partial charge >= 0.3 is 0 Å². The normalized spacial score (nSPS) is 19.8. The van der Waals surface area contributed by atoms with Crippen LogP contribution in [0, 0.1) is 5.82 Å². The van der Waals surface area contributed by atoms with Crippen LogP contribution in [0.25, 0.3) is 0 Å². The average molecular weight is 453 g/mol. The summed E-state index contributed by atoms with van der Waals surface area (Å²) < 4.78 is 25.9. The zero-order valence-electron chi connectivity index (χ0n) is 15.7. The van der Waals surface area contributed by atoms with Gasteiger partial charge in [-0.3, -0.25) is 0 Å². The van der Waals surface area contributed by atoms with Gasteiger partial charge in [0.1, 0.15) is 17.3 Å². The fraction of sp³-hybridized carbons (Fsp3) is 0.174. The number of hydrogen-bond acceptors (Lipinski definition) is 4. The van der Waals surface area contributed by atoms with Gasteiger partial charge in [0.05, 0.1) is 23.3 Å². The Labute approximate surface area is 176 Å². The molecule has 0 aromatic heterocycles. The number of nitrogens with zero attached hydrogens (tertiary/aromatic N) is 2. The fourth-order valence-corrected chi connectivity index (χ4v) is 4.47. The van der Waals surface area contributed by atoms with Crippen molar-refractivity contribution in [3.05, 3.63) is 93.7 Å². The number of fused-ring (bicyclic) bond motifs is 3. The predicted molar refractivity (Wildman–Crippen MR) is 113 cm³/mol. The van der Waals surface area contributed by atoms with E-state index in [2.05, 4.69) is 22.0 Å². The van der Waals surface area contributed by atoms with Crippen molar-refractivity contribution in [2.75, 3.05) is 7.11 Å². The lowest BCUT2D eigenvalue weighted by Gasteiger charge is -2.38. The molecule has 0 aliphatic carbocycles. The lowest BCUT2D eigenvalue weighted by atomic mass is 9.96. The molecule has 3 aromatic carbocycles. The Hall–Kier alpha value is -2.86. The van der Waals surface area contributed by atoms with Crippen molar-refractivity contribution < 1.29 is 13.9 Å². The third kappa shape index (κ3) is 3.17. The standard InChI is InChI=1S/C23H18BrFN2O2/c1-28-22-11-8-15(12-18(22)24)23-27-20(17-4-2-3-5-21(17)29-23)13-19(26-27)14-6-9-16(25)10-7-14/h2-12,20,23H,13H2,1H3/t20-,23+/m1/s1. The molecule has 2 aliphatic heterocycles. The number of hydrazone groups is 1. The summed E-state index contributed by atoms with van der Waals surface area (Å²) in [5, 5.41) is 6.90. The number of rotatable bonds is 3. The number of ether oxygens (including phenoxy) is 2. The second-order valence-electron chi connectivity index (χ2n) is 7.06. The first kappa shape index (κ1) is 18.2. The van der Waals surface area contributed by atoms with Gasteiger partial charge in [-0.25, -0.2) is 9.40 Å². The number of benzene rings is 3. The maximum atomic E-state index is 13.4. The third-order valence-electron chi connectivity index (χ3n) is 5.34. The second-order valence-corrected chi connectivity index (χ2v) is 7.91. The number of methoxy groups -OCH3 is 1. The van der Waals surface area contributed by atoms with Gasteiger partial charge in [-0.2, -0.15) is 5.10 Å². The van der Waals surface area contributed by atoms with Crippen LogP contribution in [0.15, 0.2) is 76.3 Å². The van der Waals surface area contributed by atoms with E-state index < -0.39 is 0 Å². The molecule has 2 atom stereocenters. The number of halogens is 2. The minimum absolute atomic E-state index is 0.0610. The Morgan fingerprint density at radius 1 is 1.10 bits per heavy atom. The van der Waals surface area contributed by atoms with E-state index in [1.54, 1.807) is 19.2 Å². The molecular formula is C23H18BrFN2O2. The number of para-hydroxylation sites is 1. The largest absolute Gasteiger partial charge is 0.496 e. The predicted octanol–water partition coefficient (Wildman–Crippen LogP) is 5.84. The molecule has 29 heavy (non-hydrogen) atoms. The van der Waals surface area contributed by atoms with E-state index in [4.69, 9.17) is 14.6 Å². The van der Waals surface area contributed by atoms with Gasteiger partial charge in [-0.1, -0.05) is 30.3 Å². The summed E-state index contributed by atoms with van der Waals surface area (Å²) in [4.78, 5) is 0. The molecular weight excluding hydrogens is 435 g/mol. The van der Waals surface area contributed by atoms with Crippen molar-refractivity contribution in [1.29, 1.82) is 0 Å². The van der Waals surface area contributed by atoms with Crippen molar-refractivity contribution in [3.8, 4) is 11.5 Å². The SMILES string of the molecule is COc1ccc([C@@H]2Oc3ccccc3[C@H]3CC(c4ccc(F)cc4)=NN32)cc1Br. The van der Waals surface area contributed by atoms with Gasteiger partial charge in [0.25, 0.3) is 0 Å². The second kappa shape index (κ2) is 7.19. The Morgan fingerprint density at radius 3 is 2.66 bits per heavy atom. The molecule has 2 heterocycles. The molecule has 0 saturated carbocycles. The van der Waals surface area contributed by atoms with Crippen LogP contribution in [-0.2, 0) is 0 Å². The van der Waals surface area contributed by atoms with Gasteiger partial charge in [-0.15, -0.1) is 0 Å². The summed E-state index contributed by atoms with van der Waals surface area (Å²) in [6.07, 6.45) is 0.370. The maximum absolute atomic E-state index is 13.4. The van der Waals surface area contributed by atoms with E-state index in [0.29, 0.717) is 0 Å². The minimum atomic E-state index is -0.366. The highest BCUT2D eigenvalue weighted by Crippen LogP contribution is 2.47. The van der Waals surface area contributed by atoms with E-state index in [0.717, 1.165) is 44.8 Å². The Morgan fingerprint density at radius 2 is 1.90 bits per heavy atom. The summed E-state index contributed by atoms with van der Waals surface area (Å²) in [6, 6.07) is 20.5. The molecule has 0 saturated heterocycles. The molecule has 0 fully saturated rings. The summed E-state index contributed by atoms with van der Waals surface area (Å²) in [7, 11) is 1.64. The highest BCUT2D eigenvalue weighted by atomic mass is 79.9. The van der Waals surface area contributed by atoms with Crippen LogP contribution in [0.1, 0.15) is 35.4 Å². The quantitative estimate of drug-likeness (QED) is 0.500. The topological polar surface area (TPSA) is 34.1 Å². The zero-order chi connectivity index (χ0) is 20.0. The molecule has 0 N–H and O–H groups in total. The maximum Gasteiger partial charge on any atom is 0.213 e. The van der Waals surface area contributed by atoms with E-state index in [9.17, 15) is 4.39 Å². The molecule has 6 heteroatoms. The first-order valence-electron chi connectivity index (χ1n) is 9.35. The Balaban J connectivity index is 1.58. The molecule has 0 unspecified atom stereocenters. The molecule has 0 radical (unpaired) electrons. The molecule has 146 valence electrons. The van der Waals surface area contributed by atoms with Gasteiger partial charge in [0.15, 0.2) is 0 Å². The van der Waals surface area contributed by atoms with Crippen molar-refractivity contribution in [1.82, 2.24) is 5.01 Å². The summed E-state index contributed by atoms with van der Waals surface area (Å²) in [5.41, 5.74) is 3.93. The molecule has 2 aliphatic rings. The third-order valence-corrected chi connectivity index (χ3v) is 5.96. The van der Waals surface area contributed by atoms with Crippen molar-refractivity contribution in [3.63, 3.8) is 0 Å². The molecule has 0 spiro atoms. The van der Waals surface area contributed by atoms with Crippen LogP contribution in [0.5, 0.6) is 11.5 Å². The van der Waals surface area contributed by atoms with E-state index >= 15 is 0 Å². The lowest BCUT2D eigenvalue weighted by Crippen LogP contribution is -2.33. The average Bonchev–Trinajstić information content (AvgIpc) is 3.19. The van der Waals surface area contributed by atoms with E-state index in [-0.39, 0.29) is 18.1 Å². The molecule has 0 amide bonds. The first-order chi connectivity index (χ1) is 14.1. The summed E-state index contributed by atoms with van der Waals surface area (Å²) in [5.74, 6) is 1.37. The van der Waals surface area contributed by atoms with Gasteiger partial charge < -0.3 is 9.47 Å². The van der Waals surface area contributed by atoms with Crippen molar-refractivity contribution in [2.24, 2.45) is 5.10 Å². The summed E-state index contributed by atoms with van der Waals surface area (Å²) >= 11 is 3.56. The highest BCUT2D eigenvalue weighted by Gasteiger charge is 2.40. The van der Waals surface area contributed by atoms with Crippen molar-refractivity contribution in [2.45, 2.75) is 18.7 Å². The molecule has 0 bridgehead atoms. The van der Waals surface area contributed by atoms with Gasteiger partial charge in [0.2, 0.25) is 6.23 Å². The van der Waals surface area contributed by atoms with E-state index in [1.165, 1.54) is 12.1 Å². The molecule has 3 aromatic rings. The van der Waals surface area contributed by atoms with Gasteiger partial charge in [-0.05, 0) is 57.9 Å². The Kier molecular flexibility index (Phi) is 4.51. The fourth-order valence-electron chi connectivity index (χ4n) is 3.91. The monoisotopic (exact) mass is 452 g/mol. The molecule has 4 nitrogen and oxygen atoms in total. The summed E-state index contributed by atoms with van der Waals surface area (Å²) in [6.45, 7) is 0. The zero-order valence-corrected chi connectivity index (χ0v) is 17.3. The van der Waals surface area contributed by atoms with Crippen LogP contribution < -0.4 is 9.47 Å². The molecule has 5 rings (SSSR count). The van der Waals surface area contributed by atoms with Crippen LogP contribution >= 0.6 is 15.9 Å². The van der Waals surface area contributed by atoms with Crippen LogP contribution in [0.2, 0.25) is 0 Å². The highest BCUT2D eigenvalue weighted by molar-refractivity contribution is 9.10. The first-order valence-corrected chi connectivity index (χ1v) is 10.1. The van der Waals surface area contributed by atoms with Crippen LogP contribution in [-0.4, -0.2) is 17.8 Å². The lowest BCUT2D eigenvalue weighted by molar-refractivity contribution is -0.0190. The number of hydrogen-bond donors (Lipinski definition) is 0. The van der Waals surface area contributed by atoms with Crippen molar-refractivity contribution >= 4 is 21.6 Å².